The SMILES string of the molecule is CN(C)c1nc2ncn3c(=O)n(CC(=O)Nc4ccccc4Cl)nc3c2s1. The first kappa shape index (κ1) is 17.4. The van der Waals surface area contributed by atoms with Crippen LogP contribution in [0.2, 0.25) is 5.02 Å². The Labute approximate surface area is 161 Å². The zero-order valence-electron chi connectivity index (χ0n) is 14.4. The molecule has 3 heterocycles. The summed E-state index contributed by atoms with van der Waals surface area (Å²) in [6.07, 6.45) is 1.37. The number of benzene rings is 1. The molecule has 0 saturated heterocycles. The van der Waals surface area contributed by atoms with Crippen molar-refractivity contribution in [2.45, 2.75) is 6.54 Å². The maximum absolute atomic E-state index is 12.6. The third kappa shape index (κ3) is 3.13. The van der Waals surface area contributed by atoms with Gasteiger partial charge in [0.15, 0.2) is 16.4 Å². The Morgan fingerprint density at radius 2 is 2.11 bits per heavy atom. The van der Waals surface area contributed by atoms with E-state index in [4.69, 9.17) is 11.6 Å². The molecule has 0 aliphatic carbocycles. The summed E-state index contributed by atoms with van der Waals surface area (Å²) in [4.78, 5) is 35.3. The van der Waals surface area contributed by atoms with Crippen molar-refractivity contribution in [3.05, 3.63) is 46.1 Å². The third-order valence-electron chi connectivity index (χ3n) is 3.79. The quantitative estimate of drug-likeness (QED) is 0.558. The van der Waals surface area contributed by atoms with Gasteiger partial charge in [0.25, 0.3) is 0 Å². The summed E-state index contributed by atoms with van der Waals surface area (Å²) in [5.41, 5.74) is 0.951. The van der Waals surface area contributed by atoms with E-state index in [1.54, 1.807) is 24.3 Å². The standard InChI is InChI=1S/C16H14ClN7O2S/c1-22(2)15-20-13-12(27-15)14-21-24(16(26)23(14)8-18-13)7-11(25)19-10-6-4-3-5-9(10)17/h3-6,8H,7H2,1-2H3,(H,19,25). The van der Waals surface area contributed by atoms with E-state index < -0.39 is 11.6 Å². The molecule has 138 valence electrons. The van der Waals surface area contributed by atoms with Crippen LogP contribution in [0.3, 0.4) is 0 Å². The van der Waals surface area contributed by atoms with Crippen LogP contribution in [-0.2, 0) is 11.3 Å². The highest BCUT2D eigenvalue weighted by molar-refractivity contribution is 7.22. The lowest BCUT2D eigenvalue weighted by atomic mass is 10.3. The van der Waals surface area contributed by atoms with E-state index in [1.165, 1.54) is 22.1 Å². The van der Waals surface area contributed by atoms with E-state index in [1.807, 2.05) is 19.0 Å². The van der Waals surface area contributed by atoms with Crippen LogP contribution in [0.1, 0.15) is 0 Å². The normalized spacial score (nSPS) is 11.2. The smallest absolute Gasteiger partial charge is 0.352 e. The molecule has 0 aliphatic heterocycles. The number of halogens is 1. The van der Waals surface area contributed by atoms with Crippen molar-refractivity contribution in [1.82, 2.24) is 24.1 Å². The molecule has 0 spiro atoms. The molecule has 0 radical (unpaired) electrons. The van der Waals surface area contributed by atoms with Crippen LogP contribution in [0.15, 0.2) is 35.4 Å². The van der Waals surface area contributed by atoms with E-state index in [0.717, 1.165) is 9.81 Å². The van der Waals surface area contributed by atoms with Gasteiger partial charge in [-0.05, 0) is 12.1 Å². The summed E-state index contributed by atoms with van der Waals surface area (Å²) in [6.45, 7) is -0.243. The van der Waals surface area contributed by atoms with Crippen LogP contribution in [-0.4, -0.2) is 44.2 Å². The predicted octanol–water partition coefficient (Wildman–Crippen LogP) is 1.86. The first-order valence-corrected chi connectivity index (χ1v) is 9.10. The molecule has 0 unspecified atom stereocenters. The molecule has 3 aromatic heterocycles. The molecule has 0 aliphatic rings. The number of nitrogens with zero attached hydrogens (tertiary/aromatic N) is 6. The molecule has 1 amide bonds. The van der Waals surface area contributed by atoms with E-state index in [0.29, 0.717) is 26.7 Å². The summed E-state index contributed by atoms with van der Waals surface area (Å²) < 4.78 is 3.09. The van der Waals surface area contributed by atoms with E-state index >= 15 is 0 Å². The number of para-hydroxylation sites is 1. The fraction of sp³-hybridized carbons (Fsp3) is 0.188. The number of amides is 1. The first-order chi connectivity index (χ1) is 12.9. The second-order valence-corrected chi connectivity index (χ2v) is 7.33. The Morgan fingerprint density at radius 3 is 2.85 bits per heavy atom. The van der Waals surface area contributed by atoms with Gasteiger partial charge in [-0.25, -0.2) is 18.9 Å². The predicted molar refractivity (Wildman–Crippen MR) is 105 cm³/mol. The van der Waals surface area contributed by atoms with Crippen molar-refractivity contribution in [1.29, 1.82) is 0 Å². The van der Waals surface area contributed by atoms with Crippen LogP contribution in [0.25, 0.3) is 16.0 Å². The number of thiazole rings is 1. The van der Waals surface area contributed by atoms with Gasteiger partial charge in [-0.1, -0.05) is 35.1 Å². The lowest BCUT2D eigenvalue weighted by Crippen LogP contribution is -2.28. The fourth-order valence-corrected chi connectivity index (χ4v) is 3.61. The lowest BCUT2D eigenvalue weighted by molar-refractivity contribution is -0.117. The molecule has 1 N–H and O–H groups in total. The lowest BCUT2D eigenvalue weighted by Gasteiger charge is -2.06. The first-order valence-electron chi connectivity index (χ1n) is 7.90. The van der Waals surface area contributed by atoms with Gasteiger partial charge < -0.3 is 10.2 Å². The summed E-state index contributed by atoms with van der Waals surface area (Å²) >= 11 is 7.42. The number of carbonyl (C=O) groups is 1. The van der Waals surface area contributed by atoms with Gasteiger partial charge >= 0.3 is 5.69 Å². The van der Waals surface area contributed by atoms with Crippen molar-refractivity contribution in [2.75, 3.05) is 24.3 Å². The number of nitrogens with one attached hydrogen (secondary N) is 1. The topological polar surface area (TPSA) is 97.4 Å². The average molecular weight is 404 g/mol. The van der Waals surface area contributed by atoms with E-state index in [-0.39, 0.29) is 6.54 Å². The van der Waals surface area contributed by atoms with Crippen LogP contribution in [0, 0.1) is 0 Å². The maximum Gasteiger partial charge on any atom is 0.352 e. The number of carbonyl (C=O) groups excluding carboxylic acids is 1. The molecule has 1 aromatic carbocycles. The molecule has 4 rings (SSSR count). The number of hydrogen-bond acceptors (Lipinski definition) is 7. The number of fused-ring (bicyclic) bond motifs is 3. The molecule has 9 nitrogen and oxygen atoms in total. The minimum Gasteiger partial charge on any atom is -0.354 e. The number of rotatable bonds is 4. The van der Waals surface area contributed by atoms with E-state index in [2.05, 4.69) is 20.4 Å². The van der Waals surface area contributed by atoms with Crippen molar-refractivity contribution in [3.63, 3.8) is 0 Å². The largest absolute Gasteiger partial charge is 0.354 e. The van der Waals surface area contributed by atoms with Gasteiger partial charge in [-0.15, -0.1) is 5.10 Å². The highest BCUT2D eigenvalue weighted by atomic mass is 35.5. The van der Waals surface area contributed by atoms with Gasteiger partial charge in [-0.2, -0.15) is 4.98 Å². The number of hydrogen-bond donors (Lipinski definition) is 1. The van der Waals surface area contributed by atoms with Crippen LogP contribution in [0.5, 0.6) is 0 Å². The molecular formula is C16H14ClN7O2S. The highest BCUT2D eigenvalue weighted by Crippen LogP contribution is 2.28. The van der Waals surface area contributed by atoms with Gasteiger partial charge in [0.1, 0.15) is 17.6 Å². The van der Waals surface area contributed by atoms with E-state index in [9.17, 15) is 9.59 Å². The maximum atomic E-state index is 12.6. The number of anilines is 2. The van der Waals surface area contributed by atoms with Gasteiger partial charge in [0.2, 0.25) is 5.91 Å². The average Bonchev–Trinajstić information content (AvgIpc) is 3.19. The van der Waals surface area contributed by atoms with Gasteiger partial charge in [0, 0.05) is 14.1 Å². The Morgan fingerprint density at radius 1 is 1.33 bits per heavy atom. The zero-order valence-corrected chi connectivity index (χ0v) is 16.0. The Bertz CT molecular complexity index is 1230. The second-order valence-electron chi connectivity index (χ2n) is 5.95. The van der Waals surface area contributed by atoms with Crippen molar-refractivity contribution in [2.24, 2.45) is 0 Å². The van der Waals surface area contributed by atoms with Crippen LogP contribution >= 0.6 is 22.9 Å². The van der Waals surface area contributed by atoms with Crippen LogP contribution in [0.4, 0.5) is 10.8 Å². The molecule has 11 heteroatoms. The van der Waals surface area contributed by atoms with Crippen molar-refractivity contribution in [3.8, 4) is 0 Å². The Balaban J connectivity index is 1.69. The number of aromatic nitrogens is 5. The molecule has 0 atom stereocenters. The molecule has 27 heavy (non-hydrogen) atoms. The summed E-state index contributed by atoms with van der Waals surface area (Å²) in [5.74, 6) is -0.406. The molecule has 0 fully saturated rings. The third-order valence-corrected chi connectivity index (χ3v) is 5.33. The fourth-order valence-electron chi connectivity index (χ4n) is 2.51. The van der Waals surface area contributed by atoms with Gasteiger partial charge in [-0.3, -0.25) is 4.79 Å². The highest BCUT2D eigenvalue weighted by Gasteiger charge is 2.17. The van der Waals surface area contributed by atoms with Crippen molar-refractivity contribution < 1.29 is 4.79 Å². The van der Waals surface area contributed by atoms with Crippen molar-refractivity contribution >= 4 is 55.7 Å². The van der Waals surface area contributed by atoms with Crippen LogP contribution < -0.4 is 15.9 Å². The Hall–Kier alpha value is -2.98. The minimum absolute atomic E-state index is 0.243. The minimum atomic E-state index is -0.450. The monoisotopic (exact) mass is 403 g/mol. The summed E-state index contributed by atoms with van der Waals surface area (Å²) in [5, 5.41) is 8.15. The molecular weight excluding hydrogens is 390 g/mol. The molecule has 0 bridgehead atoms. The van der Waals surface area contributed by atoms with Gasteiger partial charge in [0.05, 0.1) is 10.7 Å². The Kier molecular flexibility index (Phi) is 4.28. The second kappa shape index (κ2) is 6.63. The zero-order chi connectivity index (χ0) is 19.1. The molecule has 0 saturated carbocycles. The molecule has 4 aromatic rings. The summed E-state index contributed by atoms with van der Waals surface area (Å²) in [7, 11) is 3.75. The summed E-state index contributed by atoms with van der Waals surface area (Å²) in [6, 6.07) is 6.87.